The number of carbonyl (C=O) groups excluding carboxylic acids is 1. The van der Waals surface area contributed by atoms with Crippen molar-refractivity contribution in [1.29, 1.82) is 0 Å². The Bertz CT molecular complexity index is 901. The number of benzene rings is 1. The molecule has 0 saturated carbocycles. The molecule has 0 atom stereocenters. The number of hydrogen-bond donors (Lipinski definition) is 2. The number of para-hydroxylation sites is 1. The van der Waals surface area contributed by atoms with E-state index in [2.05, 4.69) is 33.9 Å². The normalized spacial score (nSPS) is 10.6. The van der Waals surface area contributed by atoms with Gasteiger partial charge in [-0.05, 0) is 42.5 Å². The third-order valence-corrected chi connectivity index (χ3v) is 5.34. The molecule has 3 aromatic rings. The molecule has 1 amide bonds. The van der Waals surface area contributed by atoms with Crippen LogP contribution in [0.1, 0.15) is 35.8 Å². The number of carbonyl (C=O) groups is 1. The van der Waals surface area contributed by atoms with Crippen molar-refractivity contribution < 1.29 is 4.79 Å². The van der Waals surface area contributed by atoms with Crippen molar-refractivity contribution in [2.45, 2.75) is 26.3 Å². The number of thiophene rings is 1. The highest BCUT2D eigenvalue weighted by molar-refractivity contribution is 7.13. The van der Waals surface area contributed by atoms with Crippen LogP contribution in [0, 0.1) is 0 Å². The summed E-state index contributed by atoms with van der Waals surface area (Å²) >= 11 is 1.66. The summed E-state index contributed by atoms with van der Waals surface area (Å²) in [6.45, 7) is 8.10. The van der Waals surface area contributed by atoms with Gasteiger partial charge in [0.25, 0.3) is 5.91 Å². The van der Waals surface area contributed by atoms with Crippen LogP contribution in [-0.4, -0.2) is 29.2 Å². The fourth-order valence-corrected chi connectivity index (χ4v) is 3.78. The molecule has 0 saturated heterocycles. The van der Waals surface area contributed by atoms with Gasteiger partial charge in [-0.3, -0.25) is 9.89 Å². The van der Waals surface area contributed by atoms with Crippen LogP contribution in [0.15, 0.2) is 60.5 Å². The Morgan fingerprint density at radius 2 is 2.14 bits per heavy atom. The topological polar surface area (TPSA) is 61.0 Å². The number of aromatic nitrogens is 2. The van der Waals surface area contributed by atoms with E-state index in [1.807, 2.05) is 53.9 Å². The molecular formula is C22H26N4OS. The van der Waals surface area contributed by atoms with E-state index in [4.69, 9.17) is 0 Å². The van der Waals surface area contributed by atoms with E-state index >= 15 is 0 Å². The van der Waals surface area contributed by atoms with Crippen molar-refractivity contribution in [2.75, 3.05) is 18.0 Å². The van der Waals surface area contributed by atoms with E-state index in [0.717, 1.165) is 47.9 Å². The van der Waals surface area contributed by atoms with Crippen LogP contribution in [0.3, 0.4) is 0 Å². The molecule has 5 nitrogen and oxygen atoms in total. The van der Waals surface area contributed by atoms with E-state index in [9.17, 15) is 4.79 Å². The van der Waals surface area contributed by atoms with Gasteiger partial charge in [0.15, 0.2) is 0 Å². The Balaban J connectivity index is 1.69. The number of hydrogen-bond acceptors (Lipinski definition) is 4. The van der Waals surface area contributed by atoms with Crippen molar-refractivity contribution in [3.05, 3.63) is 71.8 Å². The van der Waals surface area contributed by atoms with Crippen molar-refractivity contribution in [3.8, 4) is 10.6 Å². The Hall–Kier alpha value is -2.86. The fourth-order valence-electron chi connectivity index (χ4n) is 3.09. The lowest BCUT2D eigenvalue weighted by Gasteiger charge is -2.26. The number of rotatable bonds is 10. The first-order chi connectivity index (χ1) is 13.7. The number of anilines is 1. The predicted molar refractivity (Wildman–Crippen MR) is 117 cm³/mol. The molecule has 0 spiro atoms. The number of nitrogens with one attached hydrogen (secondary N) is 2. The number of aromatic amines is 1. The molecule has 2 N–H and O–H groups in total. The van der Waals surface area contributed by atoms with Crippen LogP contribution < -0.4 is 10.2 Å². The second kappa shape index (κ2) is 9.90. The maximum Gasteiger partial charge on any atom is 0.253 e. The first kappa shape index (κ1) is 19.9. The van der Waals surface area contributed by atoms with Gasteiger partial charge in [0.05, 0.1) is 28.4 Å². The summed E-state index contributed by atoms with van der Waals surface area (Å²) in [6, 6.07) is 13.8. The third-order valence-electron chi connectivity index (χ3n) is 4.43. The average molecular weight is 395 g/mol. The maximum absolute atomic E-state index is 12.9. The minimum Gasteiger partial charge on any atom is -0.371 e. The SMILES string of the molecule is C=CCCN(CCC)c1ccccc1C(=O)NCc1cc(-c2cccs2)[nH]n1. The summed E-state index contributed by atoms with van der Waals surface area (Å²) in [4.78, 5) is 16.2. The van der Waals surface area contributed by atoms with Crippen molar-refractivity contribution in [1.82, 2.24) is 15.5 Å². The van der Waals surface area contributed by atoms with Gasteiger partial charge in [0.1, 0.15) is 0 Å². The maximum atomic E-state index is 12.9. The van der Waals surface area contributed by atoms with Gasteiger partial charge < -0.3 is 10.2 Å². The first-order valence-electron chi connectivity index (χ1n) is 9.54. The molecule has 2 heterocycles. The molecule has 146 valence electrons. The highest BCUT2D eigenvalue weighted by Crippen LogP contribution is 2.23. The van der Waals surface area contributed by atoms with Gasteiger partial charge >= 0.3 is 0 Å². The highest BCUT2D eigenvalue weighted by Gasteiger charge is 2.16. The zero-order valence-corrected chi connectivity index (χ0v) is 17.0. The van der Waals surface area contributed by atoms with Crippen molar-refractivity contribution in [2.24, 2.45) is 0 Å². The monoisotopic (exact) mass is 394 g/mol. The highest BCUT2D eigenvalue weighted by atomic mass is 32.1. The molecule has 0 unspecified atom stereocenters. The molecule has 0 aliphatic heterocycles. The van der Waals surface area contributed by atoms with Crippen LogP contribution in [0.4, 0.5) is 5.69 Å². The summed E-state index contributed by atoms with van der Waals surface area (Å²) in [5.41, 5.74) is 3.43. The third kappa shape index (κ3) is 4.89. The minimum absolute atomic E-state index is 0.0871. The van der Waals surface area contributed by atoms with E-state index in [1.165, 1.54) is 0 Å². The summed E-state index contributed by atoms with van der Waals surface area (Å²) in [7, 11) is 0. The molecular weight excluding hydrogens is 368 g/mol. The van der Waals surface area contributed by atoms with Gasteiger partial charge in [-0.1, -0.05) is 31.2 Å². The molecule has 3 rings (SSSR count). The Morgan fingerprint density at radius 1 is 1.29 bits per heavy atom. The van der Waals surface area contributed by atoms with Gasteiger partial charge in [-0.2, -0.15) is 5.10 Å². The number of amides is 1. The quantitative estimate of drug-likeness (QED) is 0.483. The molecule has 6 heteroatoms. The molecule has 2 aromatic heterocycles. The van der Waals surface area contributed by atoms with Crippen LogP contribution in [-0.2, 0) is 6.54 Å². The molecule has 28 heavy (non-hydrogen) atoms. The Kier molecular flexibility index (Phi) is 7.03. The molecule has 0 aliphatic carbocycles. The Labute approximate surface area is 170 Å². The lowest BCUT2D eigenvalue weighted by atomic mass is 10.1. The van der Waals surface area contributed by atoms with Crippen molar-refractivity contribution >= 4 is 22.9 Å². The lowest BCUT2D eigenvalue weighted by Crippen LogP contribution is -2.30. The minimum atomic E-state index is -0.0871. The van der Waals surface area contributed by atoms with Gasteiger partial charge in [0, 0.05) is 18.8 Å². The zero-order chi connectivity index (χ0) is 19.8. The lowest BCUT2D eigenvalue weighted by molar-refractivity contribution is 0.0951. The second-order valence-electron chi connectivity index (χ2n) is 6.51. The second-order valence-corrected chi connectivity index (χ2v) is 7.46. The summed E-state index contributed by atoms with van der Waals surface area (Å²) in [5, 5.41) is 12.4. The molecule has 0 bridgehead atoms. The van der Waals surface area contributed by atoms with E-state index in [0.29, 0.717) is 12.1 Å². The molecule has 0 radical (unpaired) electrons. The van der Waals surface area contributed by atoms with E-state index in [1.54, 1.807) is 11.3 Å². The standard InChI is InChI=1S/C22H26N4OS/c1-3-5-13-26(12-4-2)20-10-7-6-9-18(20)22(27)23-16-17-15-19(25-24-17)21-11-8-14-28-21/h3,6-11,14-15H,1,4-5,12-13,16H2,2H3,(H,23,27)(H,24,25). The van der Waals surface area contributed by atoms with E-state index < -0.39 is 0 Å². The average Bonchev–Trinajstić information content (AvgIpc) is 3.41. The van der Waals surface area contributed by atoms with Crippen LogP contribution in [0.5, 0.6) is 0 Å². The zero-order valence-electron chi connectivity index (χ0n) is 16.1. The Morgan fingerprint density at radius 3 is 2.89 bits per heavy atom. The number of H-pyrrole nitrogens is 1. The first-order valence-corrected chi connectivity index (χ1v) is 10.4. The van der Waals surface area contributed by atoms with Crippen LogP contribution in [0.2, 0.25) is 0 Å². The smallest absolute Gasteiger partial charge is 0.253 e. The summed E-state index contributed by atoms with van der Waals surface area (Å²) in [6.07, 6.45) is 3.81. The summed E-state index contributed by atoms with van der Waals surface area (Å²) in [5.74, 6) is -0.0871. The largest absolute Gasteiger partial charge is 0.371 e. The van der Waals surface area contributed by atoms with E-state index in [-0.39, 0.29) is 5.91 Å². The summed E-state index contributed by atoms with van der Waals surface area (Å²) < 4.78 is 0. The van der Waals surface area contributed by atoms with Gasteiger partial charge in [-0.15, -0.1) is 17.9 Å². The fraction of sp³-hybridized carbons (Fsp3) is 0.273. The molecule has 0 aliphatic rings. The molecule has 0 fully saturated rings. The van der Waals surface area contributed by atoms with Crippen LogP contribution in [0.25, 0.3) is 10.6 Å². The van der Waals surface area contributed by atoms with Gasteiger partial charge in [0.2, 0.25) is 0 Å². The van der Waals surface area contributed by atoms with Crippen LogP contribution >= 0.6 is 11.3 Å². The number of nitrogens with zero attached hydrogens (tertiary/aromatic N) is 2. The predicted octanol–water partition coefficient (Wildman–Crippen LogP) is 4.86. The molecule has 1 aromatic carbocycles. The van der Waals surface area contributed by atoms with Gasteiger partial charge in [-0.25, -0.2) is 0 Å². The van der Waals surface area contributed by atoms with Crippen molar-refractivity contribution in [3.63, 3.8) is 0 Å².